The van der Waals surface area contributed by atoms with E-state index in [2.05, 4.69) is 10.2 Å². The van der Waals surface area contributed by atoms with E-state index in [0.717, 1.165) is 18.5 Å². The SMILES string of the molecule is Cc1ccc(S(=O)(=O)N2CCC(C(=O)NCCCN(C)C)CC2)cc1. The molecule has 25 heavy (non-hydrogen) atoms. The maximum Gasteiger partial charge on any atom is 0.243 e. The maximum absolute atomic E-state index is 12.7. The molecule has 0 unspecified atom stereocenters. The third-order valence-electron chi connectivity index (χ3n) is 4.56. The van der Waals surface area contributed by atoms with Crippen molar-refractivity contribution in [3.63, 3.8) is 0 Å². The average Bonchev–Trinajstić information content (AvgIpc) is 2.59. The van der Waals surface area contributed by atoms with Crippen LogP contribution in [-0.4, -0.2) is 63.8 Å². The van der Waals surface area contributed by atoms with Crippen molar-refractivity contribution in [2.75, 3.05) is 40.3 Å². The number of carbonyl (C=O) groups excluding carboxylic acids is 1. The van der Waals surface area contributed by atoms with Crippen molar-refractivity contribution in [2.24, 2.45) is 5.92 Å². The van der Waals surface area contributed by atoms with Crippen molar-refractivity contribution in [1.82, 2.24) is 14.5 Å². The average molecular weight is 368 g/mol. The van der Waals surface area contributed by atoms with Gasteiger partial charge in [-0.15, -0.1) is 0 Å². The van der Waals surface area contributed by atoms with Gasteiger partial charge in [-0.05, 0) is 59.0 Å². The smallest absolute Gasteiger partial charge is 0.243 e. The second kappa shape index (κ2) is 8.78. The minimum Gasteiger partial charge on any atom is -0.356 e. The lowest BCUT2D eigenvalue weighted by Gasteiger charge is -2.30. The van der Waals surface area contributed by atoms with Crippen LogP contribution in [0, 0.1) is 12.8 Å². The van der Waals surface area contributed by atoms with Crippen LogP contribution in [-0.2, 0) is 14.8 Å². The zero-order valence-corrected chi connectivity index (χ0v) is 16.2. The van der Waals surface area contributed by atoms with E-state index in [1.165, 1.54) is 4.31 Å². The fourth-order valence-corrected chi connectivity index (χ4v) is 4.44. The lowest BCUT2D eigenvalue weighted by atomic mass is 9.97. The van der Waals surface area contributed by atoms with Gasteiger partial charge in [-0.2, -0.15) is 4.31 Å². The Hall–Kier alpha value is -1.44. The van der Waals surface area contributed by atoms with Crippen molar-refractivity contribution >= 4 is 15.9 Å². The molecule has 1 saturated heterocycles. The first-order valence-corrected chi connectivity index (χ1v) is 10.2. The highest BCUT2D eigenvalue weighted by Crippen LogP contribution is 2.24. The van der Waals surface area contributed by atoms with Crippen LogP contribution in [0.2, 0.25) is 0 Å². The van der Waals surface area contributed by atoms with Gasteiger partial charge in [0.25, 0.3) is 0 Å². The monoisotopic (exact) mass is 367 g/mol. The minimum absolute atomic E-state index is 0.0474. The first-order chi connectivity index (χ1) is 11.8. The summed E-state index contributed by atoms with van der Waals surface area (Å²) in [7, 11) is 0.550. The lowest BCUT2D eigenvalue weighted by Crippen LogP contribution is -2.43. The Morgan fingerprint density at radius 2 is 1.80 bits per heavy atom. The molecule has 1 aliphatic heterocycles. The molecule has 1 heterocycles. The fourth-order valence-electron chi connectivity index (χ4n) is 2.97. The van der Waals surface area contributed by atoms with E-state index < -0.39 is 10.0 Å². The van der Waals surface area contributed by atoms with Crippen molar-refractivity contribution in [1.29, 1.82) is 0 Å². The standard InChI is InChI=1S/C18H29N3O3S/c1-15-5-7-17(8-6-15)25(23,24)21-13-9-16(10-14-21)18(22)19-11-4-12-20(2)3/h5-8,16H,4,9-14H2,1-3H3,(H,19,22). The molecule has 0 bridgehead atoms. The molecular weight excluding hydrogens is 338 g/mol. The van der Waals surface area contributed by atoms with Crippen LogP contribution in [0.3, 0.4) is 0 Å². The van der Waals surface area contributed by atoms with E-state index in [1.807, 2.05) is 21.0 Å². The van der Waals surface area contributed by atoms with Gasteiger partial charge in [-0.1, -0.05) is 17.7 Å². The Labute approximate surface area is 151 Å². The van der Waals surface area contributed by atoms with E-state index in [4.69, 9.17) is 0 Å². The molecule has 7 heteroatoms. The predicted molar refractivity (Wildman–Crippen MR) is 98.8 cm³/mol. The second-order valence-corrected chi connectivity index (χ2v) is 8.88. The Kier molecular flexibility index (Phi) is 6.98. The summed E-state index contributed by atoms with van der Waals surface area (Å²) in [6, 6.07) is 6.91. The van der Waals surface area contributed by atoms with Gasteiger partial charge in [0.1, 0.15) is 0 Å². The summed E-state index contributed by atoms with van der Waals surface area (Å²) >= 11 is 0. The summed E-state index contributed by atoms with van der Waals surface area (Å²) in [5.74, 6) is -0.0463. The van der Waals surface area contributed by atoms with E-state index in [1.54, 1.807) is 24.3 Å². The Balaban J connectivity index is 1.84. The molecule has 140 valence electrons. The Morgan fingerprint density at radius 1 is 1.20 bits per heavy atom. The summed E-state index contributed by atoms with van der Waals surface area (Å²) in [5.41, 5.74) is 1.03. The highest BCUT2D eigenvalue weighted by molar-refractivity contribution is 7.89. The molecule has 1 fully saturated rings. The molecule has 1 aliphatic rings. The van der Waals surface area contributed by atoms with Gasteiger partial charge in [0, 0.05) is 25.6 Å². The van der Waals surface area contributed by atoms with E-state index >= 15 is 0 Å². The molecule has 0 aliphatic carbocycles. The van der Waals surface area contributed by atoms with Gasteiger partial charge >= 0.3 is 0 Å². The highest BCUT2D eigenvalue weighted by atomic mass is 32.2. The van der Waals surface area contributed by atoms with Crippen LogP contribution < -0.4 is 5.32 Å². The normalized spacial score (nSPS) is 17.0. The quantitative estimate of drug-likeness (QED) is 0.741. The van der Waals surface area contributed by atoms with Crippen LogP contribution in [0.4, 0.5) is 0 Å². The molecular formula is C18H29N3O3S. The predicted octanol–water partition coefficient (Wildman–Crippen LogP) is 1.46. The number of amides is 1. The fraction of sp³-hybridized carbons (Fsp3) is 0.611. The number of sulfonamides is 1. The van der Waals surface area contributed by atoms with Gasteiger partial charge < -0.3 is 10.2 Å². The molecule has 0 spiro atoms. The van der Waals surface area contributed by atoms with Gasteiger partial charge in [-0.25, -0.2) is 8.42 Å². The van der Waals surface area contributed by atoms with E-state index in [9.17, 15) is 13.2 Å². The summed E-state index contributed by atoms with van der Waals surface area (Å²) < 4.78 is 26.8. The number of carbonyl (C=O) groups is 1. The van der Waals surface area contributed by atoms with Crippen LogP contribution in [0.1, 0.15) is 24.8 Å². The van der Waals surface area contributed by atoms with Crippen molar-refractivity contribution in [3.05, 3.63) is 29.8 Å². The summed E-state index contributed by atoms with van der Waals surface area (Å²) in [4.78, 5) is 14.6. The number of hydrogen-bond donors (Lipinski definition) is 1. The number of piperidine rings is 1. The highest BCUT2D eigenvalue weighted by Gasteiger charge is 2.31. The van der Waals surface area contributed by atoms with Crippen molar-refractivity contribution in [3.8, 4) is 0 Å². The molecule has 1 N–H and O–H groups in total. The molecule has 1 amide bonds. The molecule has 1 aromatic carbocycles. The Bertz CT molecular complexity index is 663. The second-order valence-electron chi connectivity index (χ2n) is 6.94. The van der Waals surface area contributed by atoms with Crippen LogP contribution in [0.25, 0.3) is 0 Å². The third kappa shape index (κ3) is 5.52. The number of nitrogens with one attached hydrogen (secondary N) is 1. The van der Waals surface area contributed by atoms with Gasteiger partial charge in [0.05, 0.1) is 4.90 Å². The number of hydrogen-bond acceptors (Lipinski definition) is 4. The summed E-state index contributed by atoms with van der Waals surface area (Å²) in [5, 5.41) is 2.97. The third-order valence-corrected chi connectivity index (χ3v) is 6.48. The topological polar surface area (TPSA) is 69.7 Å². The Morgan fingerprint density at radius 3 is 2.36 bits per heavy atom. The molecule has 2 rings (SSSR count). The van der Waals surface area contributed by atoms with Crippen LogP contribution >= 0.6 is 0 Å². The van der Waals surface area contributed by atoms with Crippen molar-refractivity contribution < 1.29 is 13.2 Å². The number of nitrogens with zero attached hydrogens (tertiary/aromatic N) is 2. The molecule has 1 aromatic rings. The molecule has 6 nitrogen and oxygen atoms in total. The molecule has 0 atom stereocenters. The zero-order valence-electron chi connectivity index (χ0n) is 15.4. The maximum atomic E-state index is 12.7. The number of aryl methyl sites for hydroxylation is 1. The number of rotatable bonds is 7. The summed E-state index contributed by atoms with van der Waals surface area (Å²) in [6.07, 6.45) is 2.06. The first-order valence-electron chi connectivity index (χ1n) is 8.80. The van der Waals surface area contributed by atoms with Crippen molar-refractivity contribution in [2.45, 2.75) is 31.1 Å². The lowest BCUT2D eigenvalue weighted by molar-refractivity contribution is -0.126. The van der Waals surface area contributed by atoms with Gasteiger partial charge in [-0.3, -0.25) is 4.79 Å². The first kappa shape index (κ1) is 19.9. The van der Waals surface area contributed by atoms with Gasteiger partial charge in [0.15, 0.2) is 0 Å². The summed E-state index contributed by atoms with van der Waals surface area (Å²) in [6.45, 7) is 4.32. The minimum atomic E-state index is -3.46. The van der Waals surface area contributed by atoms with Crippen LogP contribution in [0.15, 0.2) is 29.2 Å². The number of benzene rings is 1. The largest absolute Gasteiger partial charge is 0.356 e. The van der Waals surface area contributed by atoms with Crippen LogP contribution in [0.5, 0.6) is 0 Å². The molecule has 0 radical (unpaired) electrons. The van der Waals surface area contributed by atoms with E-state index in [-0.39, 0.29) is 11.8 Å². The molecule has 0 aromatic heterocycles. The van der Waals surface area contributed by atoms with E-state index in [0.29, 0.717) is 37.4 Å². The molecule has 0 saturated carbocycles. The zero-order chi connectivity index (χ0) is 18.4. The van der Waals surface area contributed by atoms with Gasteiger partial charge in [0.2, 0.25) is 15.9 Å².